The molecule has 45 heavy (non-hydrogen) atoms. The first-order chi connectivity index (χ1) is 21.4. The summed E-state index contributed by atoms with van der Waals surface area (Å²) in [5.41, 5.74) is 3.17. The number of aromatic amines is 1. The summed E-state index contributed by atoms with van der Waals surface area (Å²) in [7, 11) is -1.96. The van der Waals surface area contributed by atoms with Gasteiger partial charge >= 0.3 is 0 Å². The van der Waals surface area contributed by atoms with Crippen molar-refractivity contribution >= 4 is 32.6 Å². The molecule has 14 heteroatoms. The summed E-state index contributed by atoms with van der Waals surface area (Å²) in [5, 5.41) is 10.4. The van der Waals surface area contributed by atoms with E-state index in [-0.39, 0.29) is 17.0 Å². The summed E-state index contributed by atoms with van der Waals surface area (Å²) >= 11 is 0. The van der Waals surface area contributed by atoms with Crippen molar-refractivity contribution in [1.82, 2.24) is 24.5 Å². The van der Waals surface area contributed by atoms with Gasteiger partial charge in [-0.1, -0.05) is 18.2 Å². The Bertz CT molecular complexity index is 2170. The Morgan fingerprint density at radius 2 is 1.71 bits per heavy atom. The molecule has 12 nitrogen and oxygen atoms in total. The van der Waals surface area contributed by atoms with Crippen LogP contribution in [0.2, 0.25) is 0 Å². The molecule has 0 aliphatic rings. The van der Waals surface area contributed by atoms with Crippen LogP contribution in [-0.2, 0) is 17.2 Å². The standard InChI is InChI=1S/C30H23FN6O3.CH4O3S/c1-18-28(30(39)37(36(18)2)22-6-4-3-5-7-22)29(38)34-21-8-9-26(24(31)15-21)40-27-14-20-17-33-35-25(20)16-23(27)19-10-12-32-13-11-19;1-5(2,3)4/h3-17H,1-2H3,(H,33,35)(H,34,38);1H3,(H,2,3,4). The molecule has 0 atom stereocenters. The van der Waals surface area contributed by atoms with Crippen molar-refractivity contribution in [3.05, 3.63) is 119 Å². The van der Waals surface area contributed by atoms with E-state index in [4.69, 9.17) is 9.29 Å². The predicted octanol–water partition coefficient (Wildman–Crippen LogP) is 5.11. The van der Waals surface area contributed by atoms with Gasteiger partial charge in [-0.15, -0.1) is 0 Å². The Kier molecular flexibility index (Phi) is 8.61. The van der Waals surface area contributed by atoms with Crippen LogP contribution in [0.5, 0.6) is 11.5 Å². The van der Waals surface area contributed by atoms with Gasteiger partial charge in [-0.25, -0.2) is 9.07 Å². The quantitative estimate of drug-likeness (QED) is 0.214. The monoisotopic (exact) mass is 630 g/mol. The first-order valence-corrected chi connectivity index (χ1v) is 15.2. The van der Waals surface area contributed by atoms with E-state index in [1.165, 1.54) is 16.8 Å². The largest absolute Gasteiger partial charge is 0.454 e. The van der Waals surface area contributed by atoms with Gasteiger partial charge in [0.25, 0.3) is 21.6 Å². The minimum atomic E-state index is -3.67. The Hall–Kier alpha value is -5.60. The molecule has 0 saturated heterocycles. The summed E-state index contributed by atoms with van der Waals surface area (Å²) in [6.07, 6.45) is 5.70. The normalized spacial score (nSPS) is 11.1. The zero-order valence-corrected chi connectivity index (χ0v) is 25.0. The van der Waals surface area contributed by atoms with Crippen molar-refractivity contribution in [2.24, 2.45) is 7.05 Å². The second-order valence-electron chi connectivity index (χ2n) is 9.91. The number of nitrogens with one attached hydrogen (secondary N) is 2. The van der Waals surface area contributed by atoms with Crippen molar-refractivity contribution in [3.8, 4) is 28.3 Å². The van der Waals surface area contributed by atoms with Gasteiger partial charge in [0.15, 0.2) is 11.6 Å². The second kappa shape index (κ2) is 12.6. The van der Waals surface area contributed by atoms with Crippen molar-refractivity contribution in [2.75, 3.05) is 11.6 Å². The number of hydrogen-bond donors (Lipinski definition) is 3. The fourth-order valence-electron chi connectivity index (χ4n) is 4.62. The molecule has 0 fully saturated rings. The number of carbonyl (C=O) groups excluding carboxylic acids is 1. The smallest absolute Gasteiger partial charge is 0.284 e. The molecule has 0 radical (unpaired) electrons. The van der Waals surface area contributed by atoms with Gasteiger partial charge in [0.05, 0.1) is 29.4 Å². The summed E-state index contributed by atoms with van der Waals surface area (Å²) in [5.74, 6) is -0.917. The number of benzene rings is 3. The third-order valence-electron chi connectivity index (χ3n) is 6.72. The molecule has 3 aromatic carbocycles. The number of halogens is 1. The van der Waals surface area contributed by atoms with Crippen LogP contribution in [0.4, 0.5) is 10.1 Å². The topological polar surface area (TPSA) is 161 Å². The van der Waals surface area contributed by atoms with Gasteiger partial charge in [0.2, 0.25) is 0 Å². The number of aromatic nitrogens is 5. The van der Waals surface area contributed by atoms with Crippen LogP contribution in [0, 0.1) is 12.7 Å². The van der Waals surface area contributed by atoms with Gasteiger partial charge in [0, 0.05) is 42.1 Å². The molecule has 0 saturated carbocycles. The van der Waals surface area contributed by atoms with E-state index in [1.54, 1.807) is 55.4 Å². The Balaban J connectivity index is 0.000000743. The van der Waals surface area contributed by atoms with E-state index < -0.39 is 27.4 Å². The summed E-state index contributed by atoms with van der Waals surface area (Å²) in [6, 6.07) is 20.4. The third kappa shape index (κ3) is 6.98. The first-order valence-electron chi connectivity index (χ1n) is 13.3. The van der Waals surface area contributed by atoms with E-state index in [9.17, 15) is 18.0 Å². The molecule has 230 valence electrons. The number of hydrogen-bond acceptors (Lipinski definition) is 7. The van der Waals surface area contributed by atoms with E-state index in [0.717, 1.165) is 28.1 Å². The molecule has 0 unspecified atom stereocenters. The number of anilines is 1. The summed E-state index contributed by atoms with van der Waals surface area (Å²) in [4.78, 5) is 30.4. The highest BCUT2D eigenvalue weighted by molar-refractivity contribution is 7.85. The number of pyridine rings is 1. The molecule has 3 N–H and O–H groups in total. The number of carbonyl (C=O) groups is 1. The lowest BCUT2D eigenvalue weighted by atomic mass is 10.0. The van der Waals surface area contributed by atoms with Gasteiger partial charge in [-0.05, 0) is 61.0 Å². The maximum absolute atomic E-state index is 15.3. The van der Waals surface area contributed by atoms with Crippen molar-refractivity contribution < 1.29 is 26.9 Å². The Morgan fingerprint density at radius 1 is 1.02 bits per heavy atom. The zero-order valence-electron chi connectivity index (χ0n) is 24.2. The summed E-state index contributed by atoms with van der Waals surface area (Å²) in [6.45, 7) is 1.69. The molecule has 0 aliphatic carbocycles. The minimum absolute atomic E-state index is 0.0255. The van der Waals surface area contributed by atoms with Crippen LogP contribution in [-0.4, -0.2) is 49.7 Å². The van der Waals surface area contributed by atoms with E-state index in [1.807, 2.05) is 36.4 Å². The fraction of sp³-hybridized carbons (Fsp3) is 0.0968. The van der Waals surface area contributed by atoms with Crippen LogP contribution in [0.25, 0.3) is 27.7 Å². The van der Waals surface area contributed by atoms with Crippen LogP contribution in [0.15, 0.2) is 96.2 Å². The molecular formula is C31H27FN6O6S. The zero-order chi connectivity index (χ0) is 32.3. The molecule has 1 amide bonds. The van der Waals surface area contributed by atoms with Gasteiger partial charge in [0.1, 0.15) is 11.3 Å². The molecular weight excluding hydrogens is 603 g/mol. The van der Waals surface area contributed by atoms with Gasteiger partial charge < -0.3 is 10.1 Å². The molecule has 6 aromatic rings. The van der Waals surface area contributed by atoms with Gasteiger partial charge in [-0.3, -0.25) is 28.9 Å². The molecule has 0 spiro atoms. The summed E-state index contributed by atoms with van der Waals surface area (Å²) < 4.78 is 50.2. The molecule has 6 rings (SSSR count). The molecule has 0 bridgehead atoms. The maximum atomic E-state index is 15.3. The number of ether oxygens (including phenoxy) is 1. The van der Waals surface area contributed by atoms with E-state index >= 15 is 4.39 Å². The lowest BCUT2D eigenvalue weighted by molar-refractivity contribution is 0.102. The molecule has 3 heterocycles. The number of amides is 1. The van der Waals surface area contributed by atoms with Crippen LogP contribution in [0.1, 0.15) is 16.1 Å². The number of nitrogens with zero attached hydrogens (tertiary/aromatic N) is 4. The number of H-pyrrole nitrogens is 1. The molecule has 3 aromatic heterocycles. The lowest BCUT2D eigenvalue weighted by Gasteiger charge is -2.13. The second-order valence-corrected chi connectivity index (χ2v) is 11.4. The average molecular weight is 631 g/mol. The predicted molar refractivity (Wildman–Crippen MR) is 167 cm³/mol. The molecule has 0 aliphatic heterocycles. The van der Waals surface area contributed by atoms with Gasteiger partial charge in [-0.2, -0.15) is 13.5 Å². The Morgan fingerprint density at radius 3 is 2.38 bits per heavy atom. The first kappa shape index (κ1) is 30.8. The average Bonchev–Trinajstić information content (AvgIpc) is 3.54. The number of para-hydroxylation sites is 1. The van der Waals surface area contributed by atoms with Crippen molar-refractivity contribution in [3.63, 3.8) is 0 Å². The van der Waals surface area contributed by atoms with E-state index in [2.05, 4.69) is 20.5 Å². The SMILES string of the molecule is CS(=O)(=O)O.Cc1c(C(=O)Nc2ccc(Oc3cc4cn[nH]c4cc3-c3ccncc3)c(F)c2)c(=O)n(-c2ccccc2)n1C. The Labute approximate surface area is 256 Å². The van der Waals surface area contributed by atoms with Crippen LogP contribution in [0.3, 0.4) is 0 Å². The van der Waals surface area contributed by atoms with Crippen LogP contribution >= 0.6 is 0 Å². The fourth-order valence-corrected chi connectivity index (χ4v) is 4.62. The third-order valence-corrected chi connectivity index (χ3v) is 6.72. The van der Waals surface area contributed by atoms with E-state index in [0.29, 0.717) is 23.4 Å². The maximum Gasteiger partial charge on any atom is 0.284 e. The minimum Gasteiger partial charge on any atom is -0.454 e. The highest BCUT2D eigenvalue weighted by atomic mass is 32.2. The number of rotatable bonds is 6. The van der Waals surface area contributed by atoms with Crippen LogP contribution < -0.4 is 15.6 Å². The lowest BCUT2D eigenvalue weighted by Crippen LogP contribution is -2.25. The van der Waals surface area contributed by atoms with Crippen molar-refractivity contribution in [2.45, 2.75) is 6.92 Å². The highest BCUT2D eigenvalue weighted by Gasteiger charge is 2.23. The highest BCUT2D eigenvalue weighted by Crippen LogP contribution is 2.37. The van der Waals surface area contributed by atoms with Crippen molar-refractivity contribution in [1.29, 1.82) is 0 Å². The number of fused-ring (bicyclic) bond motifs is 1.